The Morgan fingerprint density at radius 2 is 2.16 bits per heavy atom. The predicted molar refractivity (Wildman–Crippen MR) is 82.1 cm³/mol. The number of hydrogen-bond acceptors (Lipinski definition) is 4. The van der Waals surface area contributed by atoms with Crippen molar-refractivity contribution in [3.63, 3.8) is 0 Å². The molecule has 2 aromatic rings. The average Bonchev–Trinajstić information content (AvgIpc) is 2.37. The molecule has 0 saturated carbocycles. The Labute approximate surface area is 124 Å². The molecule has 1 aromatic heterocycles. The lowest BCUT2D eigenvalue weighted by atomic mass is 10.2. The Hall–Kier alpha value is -1.70. The number of nitrogens with one attached hydrogen (secondary N) is 1. The third-order valence-electron chi connectivity index (χ3n) is 2.61. The van der Waals surface area contributed by atoms with Crippen LogP contribution in [0.25, 0.3) is 0 Å². The van der Waals surface area contributed by atoms with E-state index in [1.165, 1.54) is 6.07 Å². The van der Waals surface area contributed by atoms with Gasteiger partial charge in [-0.3, -0.25) is 15.1 Å². The molecule has 0 spiro atoms. The number of aromatic nitrogens is 1. The molecule has 0 atom stereocenters. The van der Waals surface area contributed by atoms with Crippen molar-refractivity contribution < 1.29 is 4.92 Å². The summed E-state index contributed by atoms with van der Waals surface area (Å²) >= 11 is 1.97. The van der Waals surface area contributed by atoms with Gasteiger partial charge in [0.2, 0.25) is 0 Å². The summed E-state index contributed by atoms with van der Waals surface area (Å²) in [6.45, 7) is 2.58. The normalized spacial score (nSPS) is 10.2. The molecule has 0 bridgehead atoms. The van der Waals surface area contributed by atoms with E-state index in [1.54, 1.807) is 12.1 Å². The van der Waals surface area contributed by atoms with Gasteiger partial charge in [0, 0.05) is 30.2 Å². The molecule has 0 aliphatic rings. The van der Waals surface area contributed by atoms with Crippen molar-refractivity contribution in [3.8, 4) is 0 Å². The third kappa shape index (κ3) is 3.63. The second kappa shape index (κ2) is 5.96. The Morgan fingerprint density at radius 1 is 1.37 bits per heavy atom. The molecule has 0 amide bonds. The molecule has 1 N–H and O–H groups in total. The Bertz CT molecular complexity index is 599. The Kier molecular flexibility index (Phi) is 4.31. The molecule has 0 fully saturated rings. The summed E-state index contributed by atoms with van der Waals surface area (Å²) in [5, 5.41) is 13.9. The maximum Gasteiger partial charge on any atom is 0.282 e. The molecule has 2 rings (SSSR count). The highest BCUT2D eigenvalue weighted by molar-refractivity contribution is 14.1. The van der Waals surface area contributed by atoms with Gasteiger partial charge in [0.15, 0.2) is 0 Å². The van der Waals surface area contributed by atoms with E-state index >= 15 is 0 Å². The van der Waals surface area contributed by atoms with Gasteiger partial charge in [0.05, 0.1) is 8.49 Å². The monoisotopic (exact) mass is 369 g/mol. The van der Waals surface area contributed by atoms with E-state index in [0.717, 1.165) is 16.9 Å². The van der Waals surface area contributed by atoms with Crippen molar-refractivity contribution in [2.75, 3.05) is 5.32 Å². The number of halogens is 1. The zero-order chi connectivity index (χ0) is 13.8. The minimum Gasteiger partial charge on any atom is -0.381 e. The largest absolute Gasteiger partial charge is 0.381 e. The minimum atomic E-state index is -0.380. The lowest BCUT2D eigenvalue weighted by molar-refractivity contribution is -0.385. The minimum absolute atomic E-state index is 0.128. The molecule has 5 nitrogen and oxygen atoms in total. The van der Waals surface area contributed by atoms with Crippen molar-refractivity contribution in [3.05, 3.63) is 61.5 Å². The fraction of sp³-hybridized carbons (Fsp3) is 0.154. The van der Waals surface area contributed by atoms with Crippen LogP contribution in [0.2, 0.25) is 0 Å². The van der Waals surface area contributed by atoms with Gasteiger partial charge in [0.25, 0.3) is 5.69 Å². The summed E-state index contributed by atoms with van der Waals surface area (Å²) in [6.07, 6.45) is 1.82. The molecule has 0 unspecified atom stereocenters. The first-order chi connectivity index (χ1) is 9.06. The number of aryl methyl sites for hydroxylation is 1. The van der Waals surface area contributed by atoms with Crippen molar-refractivity contribution in [1.82, 2.24) is 4.98 Å². The van der Waals surface area contributed by atoms with E-state index < -0.39 is 0 Å². The predicted octanol–water partition coefficient (Wildman–Crippen LogP) is 3.51. The SMILES string of the molecule is Cc1ccc(CNc2ccc([N+](=O)[O-])c(I)c2)cn1. The molecule has 1 aromatic carbocycles. The molecule has 0 saturated heterocycles. The number of anilines is 1. The number of benzene rings is 1. The Morgan fingerprint density at radius 3 is 2.74 bits per heavy atom. The molecule has 0 radical (unpaired) electrons. The number of nitro groups is 1. The molecule has 98 valence electrons. The van der Waals surface area contributed by atoms with Gasteiger partial charge >= 0.3 is 0 Å². The van der Waals surface area contributed by atoms with Gasteiger partial charge in [-0.25, -0.2) is 0 Å². The van der Waals surface area contributed by atoms with Crippen molar-refractivity contribution in [1.29, 1.82) is 0 Å². The second-order valence-electron chi connectivity index (χ2n) is 4.08. The van der Waals surface area contributed by atoms with Crippen LogP contribution in [0.1, 0.15) is 11.3 Å². The van der Waals surface area contributed by atoms with E-state index in [9.17, 15) is 10.1 Å². The van der Waals surface area contributed by atoms with Gasteiger partial charge in [-0.05, 0) is 53.3 Å². The molecule has 1 heterocycles. The maximum absolute atomic E-state index is 10.7. The van der Waals surface area contributed by atoms with Crippen molar-refractivity contribution >= 4 is 34.0 Å². The lowest BCUT2D eigenvalue weighted by Crippen LogP contribution is -2.01. The van der Waals surface area contributed by atoms with Crippen LogP contribution < -0.4 is 5.32 Å². The lowest BCUT2D eigenvalue weighted by Gasteiger charge is -2.07. The smallest absolute Gasteiger partial charge is 0.282 e. The van der Waals surface area contributed by atoms with Crippen LogP contribution >= 0.6 is 22.6 Å². The third-order valence-corrected chi connectivity index (χ3v) is 3.48. The van der Waals surface area contributed by atoms with Crippen LogP contribution in [-0.2, 0) is 6.54 Å². The maximum atomic E-state index is 10.7. The van der Waals surface area contributed by atoms with Crippen molar-refractivity contribution in [2.45, 2.75) is 13.5 Å². The van der Waals surface area contributed by atoms with Crippen LogP contribution in [0.5, 0.6) is 0 Å². The first-order valence-electron chi connectivity index (χ1n) is 5.65. The summed E-state index contributed by atoms with van der Waals surface area (Å²) in [7, 11) is 0. The zero-order valence-corrected chi connectivity index (χ0v) is 12.4. The number of nitro benzene ring substituents is 1. The zero-order valence-electron chi connectivity index (χ0n) is 10.3. The first-order valence-corrected chi connectivity index (χ1v) is 6.73. The number of hydrogen-bond donors (Lipinski definition) is 1. The molecular weight excluding hydrogens is 357 g/mol. The molecule has 6 heteroatoms. The van der Waals surface area contributed by atoms with Crippen LogP contribution in [0, 0.1) is 20.6 Å². The summed E-state index contributed by atoms with van der Waals surface area (Å²) in [6, 6.07) is 8.95. The highest BCUT2D eigenvalue weighted by Gasteiger charge is 2.11. The highest BCUT2D eigenvalue weighted by Crippen LogP contribution is 2.24. The van der Waals surface area contributed by atoms with Crippen LogP contribution in [0.15, 0.2) is 36.5 Å². The van der Waals surface area contributed by atoms with Gasteiger partial charge in [-0.15, -0.1) is 0 Å². The Balaban J connectivity index is 2.06. The van der Waals surface area contributed by atoms with E-state index in [1.807, 2.05) is 47.8 Å². The highest BCUT2D eigenvalue weighted by atomic mass is 127. The van der Waals surface area contributed by atoms with Crippen LogP contribution in [0.4, 0.5) is 11.4 Å². The molecular formula is C13H12IN3O2. The van der Waals surface area contributed by atoms with Crippen LogP contribution in [-0.4, -0.2) is 9.91 Å². The van der Waals surface area contributed by atoms with Gasteiger partial charge in [-0.2, -0.15) is 0 Å². The number of nitrogens with zero attached hydrogens (tertiary/aromatic N) is 2. The average molecular weight is 369 g/mol. The molecule has 0 aliphatic heterocycles. The fourth-order valence-electron chi connectivity index (χ4n) is 1.57. The van der Waals surface area contributed by atoms with Crippen LogP contribution in [0.3, 0.4) is 0 Å². The summed E-state index contributed by atoms with van der Waals surface area (Å²) in [5.41, 5.74) is 3.03. The van der Waals surface area contributed by atoms with E-state index in [4.69, 9.17) is 0 Å². The van der Waals surface area contributed by atoms with E-state index in [0.29, 0.717) is 10.1 Å². The van der Waals surface area contributed by atoms with E-state index in [-0.39, 0.29) is 10.6 Å². The topological polar surface area (TPSA) is 68.1 Å². The summed E-state index contributed by atoms with van der Waals surface area (Å²) in [5.74, 6) is 0. The summed E-state index contributed by atoms with van der Waals surface area (Å²) < 4.78 is 0.620. The molecule has 0 aliphatic carbocycles. The molecule has 19 heavy (non-hydrogen) atoms. The van der Waals surface area contributed by atoms with Crippen molar-refractivity contribution in [2.24, 2.45) is 0 Å². The van der Waals surface area contributed by atoms with Gasteiger partial charge < -0.3 is 5.32 Å². The number of rotatable bonds is 4. The van der Waals surface area contributed by atoms with Gasteiger partial charge in [-0.1, -0.05) is 6.07 Å². The van der Waals surface area contributed by atoms with E-state index in [2.05, 4.69) is 10.3 Å². The standard InChI is InChI=1S/C13H12IN3O2/c1-9-2-3-10(7-15-9)8-16-11-4-5-13(17(18)19)12(14)6-11/h2-7,16H,8H2,1H3. The second-order valence-corrected chi connectivity index (χ2v) is 5.25. The number of pyridine rings is 1. The van der Waals surface area contributed by atoms with Gasteiger partial charge in [0.1, 0.15) is 0 Å². The fourth-order valence-corrected chi connectivity index (χ4v) is 2.28. The quantitative estimate of drug-likeness (QED) is 0.509. The first kappa shape index (κ1) is 13.7. The summed E-state index contributed by atoms with van der Waals surface area (Å²) in [4.78, 5) is 14.6.